The van der Waals surface area contributed by atoms with E-state index in [4.69, 9.17) is 0 Å². The third-order valence-electron chi connectivity index (χ3n) is 6.01. The summed E-state index contributed by atoms with van der Waals surface area (Å²) in [4.78, 5) is 0. The molecule has 0 saturated heterocycles. The van der Waals surface area contributed by atoms with Crippen molar-refractivity contribution in [2.45, 2.75) is 65.4 Å². The van der Waals surface area contributed by atoms with E-state index in [2.05, 4.69) is 20.8 Å². The van der Waals surface area contributed by atoms with E-state index < -0.39 is 0 Å². The van der Waals surface area contributed by atoms with E-state index in [-0.39, 0.29) is 23.5 Å². The summed E-state index contributed by atoms with van der Waals surface area (Å²) in [5, 5.41) is 20.3. The first-order valence-electron chi connectivity index (χ1n) is 7.24. The second kappa shape index (κ2) is 4.55. The topological polar surface area (TPSA) is 40.5 Å². The molecule has 0 spiro atoms. The van der Waals surface area contributed by atoms with Crippen LogP contribution >= 0.6 is 0 Å². The van der Waals surface area contributed by atoms with Crippen LogP contribution in [0.2, 0.25) is 0 Å². The number of fused-ring (bicyclic) bond motifs is 1. The van der Waals surface area contributed by atoms with Crippen LogP contribution in [0.15, 0.2) is 0 Å². The summed E-state index contributed by atoms with van der Waals surface area (Å²) in [6.45, 7) is 7.05. The highest BCUT2D eigenvalue weighted by Crippen LogP contribution is 2.60. The predicted octanol–water partition coefficient (Wildman–Crippen LogP) is 2.97. The molecule has 100 valence electrons. The van der Waals surface area contributed by atoms with E-state index in [0.717, 1.165) is 32.1 Å². The maximum Gasteiger partial charge on any atom is 0.0600 e. The lowest BCUT2D eigenvalue weighted by Gasteiger charge is -2.59. The second-order valence-electron chi connectivity index (χ2n) is 7.01. The zero-order chi connectivity index (χ0) is 12.7. The van der Waals surface area contributed by atoms with Crippen LogP contribution in [0, 0.1) is 22.7 Å². The molecule has 2 heteroatoms. The summed E-state index contributed by atoms with van der Waals surface area (Å²) in [5.41, 5.74) is -0.0662. The Bertz CT molecular complexity index is 276. The van der Waals surface area contributed by atoms with E-state index >= 15 is 0 Å². The van der Waals surface area contributed by atoms with Crippen LogP contribution in [-0.2, 0) is 0 Å². The van der Waals surface area contributed by atoms with Crippen LogP contribution in [0.25, 0.3) is 0 Å². The molecule has 2 N–H and O–H groups in total. The fourth-order valence-electron chi connectivity index (χ4n) is 4.37. The number of aliphatic hydroxyl groups is 2. The Morgan fingerprint density at radius 3 is 2.53 bits per heavy atom. The van der Waals surface area contributed by atoms with Crippen molar-refractivity contribution in [3.05, 3.63) is 0 Å². The molecular weight excluding hydrogens is 212 g/mol. The van der Waals surface area contributed by atoms with Gasteiger partial charge in [-0.05, 0) is 43.9 Å². The van der Waals surface area contributed by atoms with E-state index in [1.54, 1.807) is 0 Å². The van der Waals surface area contributed by atoms with Crippen LogP contribution in [0.4, 0.5) is 0 Å². The molecule has 0 aromatic carbocycles. The SMILES string of the molecule is CC(C)[C@@H]1CC[C@]2(CO)CCC[C@H](O)[C@]2(C)C1. The molecule has 2 aliphatic carbocycles. The first-order valence-corrected chi connectivity index (χ1v) is 7.24. The van der Waals surface area contributed by atoms with Crippen LogP contribution in [0.5, 0.6) is 0 Å². The van der Waals surface area contributed by atoms with Crippen molar-refractivity contribution in [1.29, 1.82) is 0 Å². The molecule has 0 aromatic rings. The average molecular weight is 240 g/mol. The summed E-state index contributed by atoms with van der Waals surface area (Å²) in [5.74, 6) is 1.41. The van der Waals surface area contributed by atoms with Gasteiger partial charge in [0.1, 0.15) is 0 Å². The van der Waals surface area contributed by atoms with Crippen molar-refractivity contribution < 1.29 is 10.2 Å². The van der Waals surface area contributed by atoms with Gasteiger partial charge in [0.15, 0.2) is 0 Å². The number of hydrogen-bond donors (Lipinski definition) is 2. The smallest absolute Gasteiger partial charge is 0.0600 e. The van der Waals surface area contributed by atoms with Crippen LogP contribution in [0.1, 0.15) is 59.3 Å². The molecule has 0 unspecified atom stereocenters. The maximum absolute atomic E-state index is 10.4. The van der Waals surface area contributed by atoms with Gasteiger partial charge in [0.25, 0.3) is 0 Å². The molecule has 4 atom stereocenters. The predicted molar refractivity (Wildman–Crippen MR) is 69.7 cm³/mol. The molecule has 17 heavy (non-hydrogen) atoms. The van der Waals surface area contributed by atoms with Gasteiger partial charge in [-0.3, -0.25) is 0 Å². The molecule has 0 bridgehead atoms. The minimum absolute atomic E-state index is 0.00391. The average Bonchev–Trinajstić information content (AvgIpc) is 2.30. The number of aliphatic hydroxyl groups excluding tert-OH is 2. The highest BCUT2D eigenvalue weighted by molar-refractivity contribution is 5.06. The van der Waals surface area contributed by atoms with Crippen molar-refractivity contribution in [1.82, 2.24) is 0 Å². The van der Waals surface area contributed by atoms with E-state index in [9.17, 15) is 10.2 Å². The standard InChI is InChI=1S/C15H28O2/c1-11(2)12-6-8-15(10-16)7-4-5-13(17)14(15,3)9-12/h11-13,16-17H,4-10H2,1-3H3/t12-,13+,14+,15+/m1/s1. The van der Waals surface area contributed by atoms with Crippen LogP contribution < -0.4 is 0 Å². The molecule has 2 nitrogen and oxygen atoms in total. The van der Waals surface area contributed by atoms with Gasteiger partial charge in [-0.15, -0.1) is 0 Å². The highest BCUT2D eigenvalue weighted by atomic mass is 16.3. The van der Waals surface area contributed by atoms with Gasteiger partial charge in [0, 0.05) is 17.4 Å². The molecule has 0 heterocycles. The van der Waals surface area contributed by atoms with Gasteiger partial charge >= 0.3 is 0 Å². The number of rotatable bonds is 2. The fraction of sp³-hybridized carbons (Fsp3) is 1.00. The monoisotopic (exact) mass is 240 g/mol. The molecular formula is C15H28O2. The Hall–Kier alpha value is -0.0800. The lowest BCUT2D eigenvalue weighted by Crippen LogP contribution is -2.56. The Morgan fingerprint density at radius 2 is 1.94 bits per heavy atom. The molecule has 0 aromatic heterocycles. The van der Waals surface area contributed by atoms with Gasteiger partial charge in [0.2, 0.25) is 0 Å². The summed E-state index contributed by atoms with van der Waals surface area (Å²) in [6.07, 6.45) is 6.28. The fourth-order valence-corrected chi connectivity index (χ4v) is 4.37. The third-order valence-corrected chi connectivity index (χ3v) is 6.01. The summed E-state index contributed by atoms with van der Waals surface area (Å²) >= 11 is 0. The maximum atomic E-state index is 10.4. The lowest BCUT2D eigenvalue weighted by atomic mass is 9.47. The molecule has 2 fully saturated rings. The first-order chi connectivity index (χ1) is 7.95. The summed E-state index contributed by atoms with van der Waals surface area (Å²) < 4.78 is 0. The Kier molecular flexibility index (Phi) is 3.57. The molecule has 2 aliphatic rings. The second-order valence-corrected chi connectivity index (χ2v) is 7.01. The van der Waals surface area contributed by atoms with Crippen molar-refractivity contribution in [2.75, 3.05) is 6.61 Å². The normalized spacial score (nSPS) is 46.9. The van der Waals surface area contributed by atoms with Crippen molar-refractivity contribution in [3.63, 3.8) is 0 Å². The van der Waals surface area contributed by atoms with E-state index in [1.807, 2.05) is 0 Å². The summed E-state index contributed by atoms with van der Waals surface area (Å²) in [6, 6.07) is 0. The molecule has 2 rings (SSSR count). The summed E-state index contributed by atoms with van der Waals surface area (Å²) in [7, 11) is 0. The molecule has 0 amide bonds. The minimum Gasteiger partial charge on any atom is -0.396 e. The van der Waals surface area contributed by atoms with Gasteiger partial charge in [-0.2, -0.15) is 0 Å². The van der Waals surface area contributed by atoms with Gasteiger partial charge in [-0.25, -0.2) is 0 Å². The Labute approximate surface area is 105 Å². The molecule has 2 saturated carbocycles. The zero-order valence-corrected chi connectivity index (χ0v) is 11.6. The van der Waals surface area contributed by atoms with E-state index in [1.165, 1.54) is 6.42 Å². The first kappa shape index (κ1) is 13.4. The quantitative estimate of drug-likeness (QED) is 0.779. The largest absolute Gasteiger partial charge is 0.396 e. The van der Waals surface area contributed by atoms with Gasteiger partial charge in [0.05, 0.1) is 6.10 Å². The van der Waals surface area contributed by atoms with Gasteiger partial charge in [-0.1, -0.05) is 27.2 Å². The van der Waals surface area contributed by atoms with Gasteiger partial charge < -0.3 is 10.2 Å². The van der Waals surface area contributed by atoms with Crippen molar-refractivity contribution >= 4 is 0 Å². The number of hydrogen-bond acceptors (Lipinski definition) is 2. The van der Waals surface area contributed by atoms with E-state index in [0.29, 0.717) is 11.8 Å². The Balaban J connectivity index is 2.27. The zero-order valence-electron chi connectivity index (χ0n) is 11.6. The Morgan fingerprint density at radius 1 is 1.24 bits per heavy atom. The minimum atomic E-state index is -0.218. The van der Waals surface area contributed by atoms with Crippen molar-refractivity contribution in [2.24, 2.45) is 22.7 Å². The highest BCUT2D eigenvalue weighted by Gasteiger charge is 2.56. The molecule has 0 radical (unpaired) electrons. The lowest BCUT2D eigenvalue weighted by molar-refractivity contribution is -0.164. The van der Waals surface area contributed by atoms with Crippen LogP contribution in [-0.4, -0.2) is 22.9 Å². The third kappa shape index (κ3) is 1.94. The van der Waals surface area contributed by atoms with Crippen molar-refractivity contribution in [3.8, 4) is 0 Å². The van der Waals surface area contributed by atoms with Crippen LogP contribution in [0.3, 0.4) is 0 Å². The molecule has 0 aliphatic heterocycles.